The van der Waals surface area contributed by atoms with E-state index in [0.29, 0.717) is 24.3 Å². The number of benzene rings is 1. The van der Waals surface area contributed by atoms with Gasteiger partial charge in [-0.2, -0.15) is 0 Å². The molecular formula is C16H27N3O2S. The first-order chi connectivity index (χ1) is 10.3. The zero-order valence-corrected chi connectivity index (χ0v) is 14.5. The second kappa shape index (κ2) is 7.44. The largest absolute Gasteiger partial charge is 0.310 e. The first kappa shape index (κ1) is 17.2. The van der Waals surface area contributed by atoms with E-state index < -0.39 is 10.0 Å². The number of hydrogen-bond donors (Lipinski definition) is 2. The third-order valence-corrected chi connectivity index (χ3v) is 4.74. The number of rotatable bonds is 6. The van der Waals surface area contributed by atoms with Crippen molar-refractivity contribution in [2.45, 2.75) is 45.3 Å². The van der Waals surface area contributed by atoms with E-state index in [1.54, 1.807) is 6.07 Å². The van der Waals surface area contributed by atoms with E-state index in [4.69, 9.17) is 0 Å². The molecule has 124 valence electrons. The molecule has 0 atom stereocenters. The number of hydrogen-bond acceptors (Lipinski definition) is 4. The summed E-state index contributed by atoms with van der Waals surface area (Å²) in [5.74, 6) is 0. The molecule has 0 aromatic heterocycles. The standard InChI is InChI=1S/C16H27N3O2S/c1-13(2)19-10-8-15(9-11-19)17-12-14-6-4-5-7-16(14)18-22(3,20)21/h4-7,13,15,17-18H,8-12H2,1-3H3. The summed E-state index contributed by atoms with van der Waals surface area (Å²) in [5.41, 5.74) is 1.65. The number of sulfonamides is 1. The Morgan fingerprint density at radius 2 is 1.86 bits per heavy atom. The normalized spacial score (nSPS) is 17.8. The number of anilines is 1. The molecule has 6 heteroatoms. The smallest absolute Gasteiger partial charge is 0.229 e. The Kier molecular flexibility index (Phi) is 5.83. The lowest BCUT2D eigenvalue weighted by Gasteiger charge is -2.35. The first-order valence-electron chi connectivity index (χ1n) is 7.88. The molecule has 1 fully saturated rings. The van der Waals surface area contributed by atoms with Crippen LogP contribution >= 0.6 is 0 Å². The van der Waals surface area contributed by atoms with Gasteiger partial charge in [-0.25, -0.2) is 8.42 Å². The van der Waals surface area contributed by atoms with Gasteiger partial charge >= 0.3 is 0 Å². The second-order valence-corrected chi connectivity index (χ2v) is 8.06. The van der Waals surface area contributed by atoms with Crippen molar-refractivity contribution < 1.29 is 8.42 Å². The fourth-order valence-electron chi connectivity index (χ4n) is 2.85. The van der Waals surface area contributed by atoms with Gasteiger partial charge in [-0.05, 0) is 51.4 Å². The van der Waals surface area contributed by atoms with Gasteiger partial charge in [0, 0.05) is 18.6 Å². The summed E-state index contributed by atoms with van der Waals surface area (Å²) in [4.78, 5) is 2.50. The summed E-state index contributed by atoms with van der Waals surface area (Å²) < 4.78 is 25.4. The van der Waals surface area contributed by atoms with E-state index in [1.807, 2.05) is 18.2 Å². The van der Waals surface area contributed by atoms with Crippen molar-refractivity contribution in [3.05, 3.63) is 29.8 Å². The van der Waals surface area contributed by atoms with Crippen LogP contribution in [0.5, 0.6) is 0 Å². The average Bonchev–Trinajstić information content (AvgIpc) is 2.45. The van der Waals surface area contributed by atoms with E-state index in [2.05, 4.69) is 28.8 Å². The molecule has 0 amide bonds. The molecule has 1 aromatic rings. The molecule has 0 spiro atoms. The van der Waals surface area contributed by atoms with Gasteiger partial charge < -0.3 is 10.2 Å². The fraction of sp³-hybridized carbons (Fsp3) is 0.625. The van der Waals surface area contributed by atoms with Crippen LogP contribution in [0.25, 0.3) is 0 Å². The number of likely N-dealkylation sites (tertiary alicyclic amines) is 1. The molecule has 0 aliphatic carbocycles. The Bertz CT molecular complexity index is 579. The highest BCUT2D eigenvalue weighted by Crippen LogP contribution is 2.18. The lowest BCUT2D eigenvalue weighted by molar-refractivity contribution is 0.161. The predicted octanol–water partition coefficient (Wildman–Crippen LogP) is 2.02. The first-order valence-corrected chi connectivity index (χ1v) is 9.77. The maximum absolute atomic E-state index is 11.4. The molecule has 2 rings (SSSR count). The quantitative estimate of drug-likeness (QED) is 0.840. The van der Waals surface area contributed by atoms with E-state index >= 15 is 0 Å². The Balaban J connectivity index is 1.90. The van der Waals surface area contributed by atoms with Gasteiger partial charge in [0.1, 0.15) is 0 Å². The molecule has 1 heterocycles. The fourth-order valence-corrected chi connectivity index (χ4v) is 3.45. The molecule has 1 aliphatic heterocycles. The van der Waals surface area contributed by atoms with Crippen LogP contribution in [0.15, 0.2) is 24.3 Å². The predicted molar refractivity (Wildman–Crippen MR) is 91.5 cm³/mol. The molecule has 22 heavy (non-hydrogen) atoms. The van der Waals surface area contributed by atoms with Gasteiger partial charge in [0.15, 0.2) is 0 Å². The molecule has 1 aliphatic rings. The maximum Gasteiger partial charge on any atom is 0.229 e. The molecule has 2 N–H and O–H groups in total. The Morgan fingerprint density at radius 3 is 2.45 bits per heavy atom. The van der Waals surface area contributed by atoms with Crippen LogP contribution in [0.4, 0.5) is 5.69 Å². The highest BCUT2D eigenvalue weighted by Gasteiger charge is 2.20. The Hall–Kier alpha value is -1.11. The van der Waals surface area contributed by atoms with Crippen LogP contribution in [0.2, 0.25) is 0 Å². The number of piperidine rings is 1. The Morgan fingerprint density at radius 1 is 1.23 bits per heavy atom. The summed E-state index contributed by atoms with van der Waals surface area (Å²) >= 11 is 0. The van der Waals surface area contributed by atoms with Crippen LogP contribution in [-0.4, -0.2) is 44.7 Å². The average molecular weight is 325 g/mol. The van der Waals surface area contributed by atoms with Gasteiger partial charge in [-0.1, -0.05) is 18.2 Å². The summed E-state index contributed by atoms with van der Waals surface area (Å²) in [6, 6.07) is 8.66. The minimum atomic E-state index is -3.24. The third kappa shape index (κ3) is 5.26. The highest BCUT2D eigenvalue weighted by molar-refractivity contribution is 7.92. The van der Waals surface area contributed by atoms with Crippen LogP contribution in [0.3, 0.4) is 0 Å². The van der Waals surface area contributed by atoms with Crippen LogP contribution < -0.4 is 10.0 Å². The van der Waals surface area contributed by atoms with Crippen molar-refractivity contribution in [2.24, 2.45) is 0 Å². The van der Waals surface area contributed by atoms with Gasteiger partial charge in [0.2, 0.25) is 10.0 Å². The van der Waals surface area contributed by atoms with Gasteiger partial charge in [0.05, 0.1) is 11.9 Å². The van der Waals surface area contributed by atoms with Gasteiger partial charge in [-0.3, -0.25) is 4.72 Å². The molecule has 1 aromatic carbocycles. The topological polar surface area (TPSA) is 61.4 Å². The maximum atomic E-state index is 11.4. The summed E-state index contributed by atoms with van der Waals surface area (Å²) in [6.45, 7) is 7.41. The van der Waals surface area contributed by atoms with Gasteiger partial charge in [0.25, 0.3) is 0 Å². The monoisotopic (exact) mass is 325 g/mol. The SMILES string of the molecule is CC(C)N1CCC(NCc2ccccc2NS(C)(=O)=O)CC1. The molecule has 5 nitrogen and oxygen atoms in total. The minimum Gasteiger partial charge on any atom is -0.310 e. The van der Waals surface area contributed by atoms with Crippen molar-refractivity contribution >= 4 is 15.7 Å². The van der Waals surface area contributed by atoms with Crippen LogP contribution in [0.1, 0.15) is 32.3 Å². The van der Waals surface area contributed by atoms with Crippen molar-refractivity contribution in [1.29, 1.82) is 0 Å². The molecule has 0 radical (unpaired) electrons. The van der Waals surface area contributed by atoms with Gasteiger partial charge in [-0.15, -0.1) is 0 Å². The van der Waals surface area contributed by atoms with Crippen molar-refractivity contribution in [1.82, 2.24) is 10.2 Å². The lowest BCUT2D eigenvalue weighted by Crippen LogP contribution is -2.44. The highest BCUT2D eigenvalue weighted by atomic mass is 32.2. The molecule has 0 bridgehead atoms. The van der Waals surface area contributed by atoms with Crippen LogP contribution in [0, 0.1) is 0 Å². The minimum absolute atomic E-state index is 0.501. The summed E-state index contributed by atoms with van der Waals surface area (Å²) in [6.07, 6.45) is 3.46. The van der Waals surface area contributed by atoms with Crippen molar-refractivity contribution in [2.75, 3.05) is 24.1 Å². The summed E-state index contributed by atoms with van der Waals surface area (Å²) in [7, 11) is -3.24. The van der Waals surface area contributed by atoms with Crippen molar-refractivity contribution in [3.63, 3.8) is 0 Å². The summed E-state index contributed by atoms with van der Waals surface area (Å²) in [5, 5.41) is 3.56. The van der Waals surface area contributed by atoms with E-state index in [1.165, 1.54) is 6.26 Å². The molecular weight excluding hydrogens is 298 g/mol. The van der Waals surface area contributed by atoms with Crippen LogP contribution in [-0.2, 0) is 16.6 Å². The van der Waals surface area contributed by atoms with E-state index in [9.17, 15) is 8.42 Å². The third-order valence-electron chi connectivity index (χ3n) is 4.15. The van der Waals surface area contributed by atoms with E-state index in [0.717, 1.165) is 31.5 Å². The zero-order chi connectivity index (χ0) is 16.2. The zero-order valence-electron chi connectivity index (χ0n) is 13.7. The number of para-hydroxylation sites is 1. The number of nitrogens with one attached hydrogen (secondary N) is 2. The molecule has 1 saturated heterocycles. The second-order valence-electron chi connectivity index (χ2n) is 6.32. The number of nitrogens with zero attached hydrogens (tertiary/aromatic N) is 1. The lowest BCUT2D eigenvalue weighted by atomic mass is 10.0. The van der Waals surface area contributed by atoms with E-state index in [-0.39, 0.29) is 0 Å². The molecule has 0 unspecified atom stereocenters. The van der Waals surface area contributed by atoms with Crippen molar-refractivity contribution in [3.8, 4) is 0 Å². The Labute approximate surface area is 134 Å². The molecule has 0 saturated carbocycles.